The highest BCUT2D eigenvalue weighted by Gasteiger charge is 2.18. The highest BCUT2D eigenvalue weighted by atomic mass is 35.5. The number of aromatic nitrogens is 4. The number of nitrogens with zero attached hydrogens (tertiary/aromatic N) is 3. The SMILES string of the molecule is O=c1[nH]c2cc(-c3nc(-c4ccc5c(c4)OCO5)no3)ccc2c(=O)n1Cc1ccccc1Cl. The van der Waals surface area contributed by atoms with Crippen molar-refractivity contribution in [3.63, 3.8) is 0 Å². The Morgan fingerprint density at radius 2 is 1.79 bits per heavy atom. The van der Waals surface area contributed by atoms with Gasteiger partial charge in [0.1, 0.15) is 0 Å². The second-order valence-corrected chi connectivity index (χ2v) is 8.07. The van der Waals surface area contributed by atoms with E-state index < -0.39 is 11.2 Å². The lowest BCUT2D eigenvalue weighted by Crippen LogP contribution is -2.35. The number of fused-ring (bicyclic) bond motifs is 2. The molecular weight excluding hydrogens is 460 g/mol. The van der Waals surface area contributed by atoms with Gasteiger partial charge in [-0.25, -0.2) is 4.79 Å². The lowest BCUT2D eigenvalue weighted by atomic mass is 10.1. The molecule has 5 aromatic rings. The summed E-state index contributed by atoms with van der Waals surface area (Å²) in [5, 5.41) is 4.88. The van der Waals surface area contributed by atoms with Gasteiger partial charge in [0.15, 0.2) is 11.5 Å². The quantitative estimate of drug-likeness (QED) is 0.421. The summed E-state index contributed by atoms with van der Waals surface area (Å²) >= 11 is 6.20. The summed E-state index contributed by atoms with van der Waals surface area (Å²) < 4.78 is 17.3. The molecule has 0 aliphatic carbocycles. The van der Waals surface area contributed by atoms with E-state index in [4.69, 9.17) is 25.6 Å². The Morgan fingerprint density at radius 3 is 2.68 bits per heavy atom. The van der Waals surface area contributed by atoms with E-state index >= 15 is 0 Å². The van der Waals surface area contributed by atoms with Gasteiger partial charge in [0.2, 0.25) is 12.6 Å². The molecule has 0 amide bonds. The molecule has 0 unspecified atom stereocenters. The molecule has 2 aromatic heterocycles. The van der Waals surface area contributed by atoms with Crippen molar-refractivity contribution in [3.05, 3.63) is 92.1 Å². The molecule has 1 aliphatic heterocycles. The minimum absolute atomic E-state index is 0.0636. The molecule has 3 aromatic carbocycles. The number of halogens is 1. The molecule has 0 fully saturated rings. The van der Waals surface area contributed by atoms with Crippen LogP contribution in [0, 0.1) is 0 Å². The Labute approximate surface area is 196 Å². The molecule has 1 N–H and O–H groups in total. The fraction of sp³-hybridized carbons (Fsp3) is 0.0833. The van der Waals surface area contributed by atoms with Crippen molar-refractivity contribution in [3.8, 4) is 34.3 Å². The van der Waals surface area contributed by atoms with Crippen molar-refractivity contribution in [2.24, 2.45) is 0 Å². The standard InChI is InChI=1S/C24H15ClN4O5/c25-17-4-2-1-3-15(17)11-29-23(30)16-7-5-14(9-18(16)26-24(29)31)22-27-21(28-34-22)13-6-8-19-20(10-13)33-12-32-19/h1-10H,11-12H2,(H,26,31). The van der Waals surface area contributed by atoms with E-state index in [9.17, 15) is 9.59 Å². The molecule has 3 heterocycles. The first-order valence-electron chi connectivity index (χ1n) is 10.3. The monoisotopic (exact) mass is 474 g/mol. The molecule has 0 bridgehead atoms. The average Bonchev–Trinajstić information content (AvgIpc) is 3.52. The van der Waals surface area contributed by atoms with Crippen LogP contribution in [0.25, 0.3) is 33.7 Å². The van der Waals surface area contributed by atoms with Crippen molar-refractivity contribution in [1.29, 1.82) is 0 Å². The first-order chi connectivity index (χ1) is 16.6. The van der Waals surface area contributed by atoms with Crippen LogP contribution in [0.3, 0.4) is 0 Å². The molecule has 34 heavy (non-hydrogen) atoms. The van der Waals surface area contributed by atoms with Crippen molar-refractivity contribution in [2.75, 3.05) is 6.79 Å². The van der Waals surface area contributed by atoms with Crippen LogP contribution in [0.15, 0.2) is 74.8 Å². The van der Waals surface area contributed by atoms with Gasteiger partial charge in [0, 0.05) is 16.1 Å². The molecule has 0 radical (unpaired) electrons. The molecule has 10 heteroatoms. The van der Waals surface area contributed by atoms with E-state index in [1.165, 1.54) is 0 Å². The molecule has 0 saturated carbocycles. The number of hydrogen-bond acceptors (Lipinski definition) is 7. The van der Waals surface area contributed by atoms with Crippen molar-refractivity contribution >= 4 is 22.5 Å². The highest BCUT2D eigenvalue weighted by Crippen LogP contribution is 2.35. The zero-order valence-corrected chi connectivity index (χ0v) is 18.2. The lowest BCUT2D eigenvalue weighted by molar-refractivity contribution is 0.174. The fourth-order valence-electron chi connectivity index (χ4n) is 3.82. The second kappa shape index (κ2) is 7.89. The van der Waals surface area contributed by atoms with Gasteiger partial charge in [-0.1, -0.05) is 35.0 Å². The third-order valence-electron chi connectivity index (χ3n) is 5.57. The zero-order valence-electron chi connectivity index (χ0n) is 17.4. The van der Waals surface area contributed by atoms with Crippen LogP contribution < -0.4 is 20.7 Å². The Morgan fingerprint density at radius 1 is 0.971 bits per heavy atom. The molecule has 0 spiro atoms. The van der Waals surface area contributed by atoms with Crippen LogP contribution in [-0.4, -0.2) is 26.5 Å². The number of rotatable bonds is 4. The Balaban J connectivity index is 1.36. The molecule has 168 valence electrons. The molecule has 6 rings (SSSR count). The zero-order chi connectivity index (χ0) is 23.2. The first kappa shape index (κ1) is 20.3. The summed E-state index contributed by atoms with van der Waals surface area (Å²) in [6.07, 6.45) is 0. The van der Waals surface area contributed by atoms with E-state index in [0.29, 0.717) is 49.9 Å². The number of aromatic amines is 1. The first-order valence-corrected chi connectivity index (χ1v) is 10.7. The molecule has 9 nitrogen and oxygen atoms in total. The predicted molar refractivity (Wildman–Crippen MR) is 124 cm³/mol. The van der Waals surface area contributed by atoms with Gasteiger partial charge < -0.3 is 19.0 Å². The topological polar surface area (TPSA) is 112 Å². The summed E-state index contributed by atoms with van der Waals surface area (Å²) in [7, 11) is 0. The van der Waals surface area contributed by atoms with E-state index in [0.717, 1.165) is 4.57 Å². The summed E-state index contributed by atoms with van der Waals surface area (Å²) in [6.45, 7) is 0.236. The van der Waals surface area contributed by atoms with Crippen LogP contribution in [0.5, 0.6) is 11.5 Å². The van der Waals surface area contributed by atoms with Gasteiger partial charge in [-0.3, -0.25) is 9.36 Å². The predicted octanol–water partition coefficient (Wildman–Crippen LogP) is 3.84. The van der Waals surface area contributed by atoms with Crippen LogP contribution in [0.2, 0.25) is 5.02 Å². The Kier molecular flexibility index (Phi) is 4.70. The van der Waals surface area contributed by atoms with Gasteiger partial charge >= 0.3 is 5.69 Å². The molecule has 1 aliphatic rings. The molecule has 0 atom stereocenters. The van der Waals surface area contributed by atoms with Gasteiger partial charge in [0.25, 0.3) is 11.4 Å². The van der Waals surface area contributed by atoms with Gasteiger partial charge in [-0.15, -0.1) is 0 Å². The Hall–Kier alpha value is -4.37. The summed E-state index contributed by atoms with van der Waals surface area (Å²) in [4.78, 5) is 32.9. The maximum absolute atomic E-state index is 13.0. The molecule has 0 saturated heterocycles. The Bertz CT molecular complexity index is 1690. The van der Waals surface area contributed by atoms with E-state index in [1.54, 1.807) is 54.6 Å². The second-order valence-electron chi connectivity index (χ2n) is 7.66. The fourth-order valence-corrected chi connectivity index (χ4v) is 4.02. The van der Waals surface area contributed by atoms with Crippen LogP contribution in [0.4, 0.5) is 0 Å². The number of benzene rings is 3. The minimum Gasteiger partial charge on any atom is -0.454 e. The number of H-pyrrole nitrogens is 1. The third-order valence-corrected chi connectivity index (χ3v) is 5.94. The van der Waals surface area contributed by atoms with Crippen molar-refractivity contribution < 1.29 is 14.0 Å². The maximum Gasteiger partial charge on any atom is 0.329 e. The molecular formula is C24H15ClN4O5. The summed E-state index contributed by atoms with van der Waals surface area (Å²) in [6, 6.07) is 17.4. The maximum atomic E-state index is 13.0. The van der Waals surface area contributed by atoms with E-state index in [2.05, 4.69) is 15.1 Å². The summed E-state index contributed by atoms with van der Waals surface area (Å²) in [5.41, 5.74) is 1.35. The summed E-state index contributed by atoms with van der Waals surface area (Å²) in [5.74, 6) is 1.89. The largest absolute Gasteiger partial charge is 0.454 e. The van der Waals surface area contributed by atoms with Crippen LogP contribution >= 0.6 is 11.6 Å². The third kappa shape index (κ3) is 3.43. The number of nitrogens with one attached hydrogen (secondary N) is 1. The normalized spacial score (nSPS) is 12.4. The van der Waals surface area contributed by atoms with Crippen LogP contribution in [-0.2, 0) is 6.54 Å². The van der Waals surface area contributed by atoms with Crippen molar-refractivity contribution in [2.45, 2.75) is 6.54 Å². The smallest absolute Gasteiger partial charge is 0.329 e. The number of ether oxygens (including phenoxy) is 2. The minimum atomic E-state index is -0.541. The number of hydrogen-bond donors (Lipinski definition) is 1. The van der Waals surface area contributed by atoms with Gasteiger partial charge in [0.05, 0.1) is 17.4 Å². The van der Waals surface area contributed by atoms with E-state index in [1.807, 2.05) is 6.07 Å². The van der Waals surface area contributed by atoms with E-state index in [-0.39, 0.29) is 19.2 Å². The average molecular weight is 475 g/mol. The highest BCUT2D eigenvalue weighted by molar-refractivity contribution is 6.31. The van der Waals surface area contributed by atoms with Gasteiger partial charge in [-0.2, -0.15) is 4.98 Å². The van der Waals surface area contributed by atoms with Crippen molar-refractivity contribution in [1.82, 2.24) is 19.7 Å². The lowest BCUT2D eigenvalue weighted by Gasteiger charge is -2.08. The van der Waals surface area contributed by atoms with Gasteiger partial charge in [-0.05, 0) is 48.0 Å². The van der Waals surface area contributed by atoms with Crippen LogP contribution in [0.1, 0.15) is 5.56 Å².